The van der Waals surface area contributed by atoms with Crippen LogP contribution in [0.3, 0.4) is 0 Å². The van der Waals surface area contributed by atoms with E-state index >= 15 is 0 Å². The third-order valence-electron chi connectivity index (χ3n) is 2.33. The molecular weight excluding hydrogens is 250 g/mol. The highest BCUT2D eigenvalue weighted by Crippen LogP contribution is 1.98. The summed E-state index contributed by atoms with van der Waals surface area (Å²) in [7, 11) is -3.67. The van der Waals surface area contributed by atoms with E-state index in [9.17, 15) is 8.42 Å². The van der Waals surface area contributed by atoms with E-state index in [1.165, 1.54) is 37.8 Å². The predicted molar refractivity (Wildman–Crippen MR) is 73.0 cm³/mol. The Morgan fingerprint density at radius 3 is 2.11 bits per heavy atom. The van der Waals surface area contributed by atoms with Gasteiger partial charge in [-0.25, -0.2) is 4.57 Å². The average Bonchev–Trinajstić information content (AvgIpc) is 2.25. The van der Waals surface area contributed by atoms with Crippen molar-refractivity contribution >= 4 is 10.1 Å². The van der Waals surface area contributed by atoms with Gasteiger partial charge >= 0.3 is 0 Å². The molecule has 1 heterocycles. The highest BCUT2D eigenvalue weighted by molar-refractivity contribution is 7.85. The molecule has 0 fully saturated rings. The molecule has 0 aliphatic carbocycles. The Bertz CT molecular complexity index is 404. The molecule has 0 saturated carbocycles. The van der Waals surface area contributed by atoms with Crippen molar-refractivity contribution in [3.8, 4) is 0 Å². The maximum absolute atomic E-state index is 9.19. The summed E-state index contributed by atoms with van der Waals surface area (Å²) < 4.78 is 28.1. The summed E-state index contributed by atoms with van der Waals surface area (Å²) in [5, 5.41) is 0. The number of hydrogen-bond acceptors (Lipinski definition) is 2. The van der Waals surface area contributed by atoms with Crippen LogP contribution in [0, 0.1) is 6.92 Å². The van der Waals surface area contributed by atoms with Crippen LogP contribution >= 0.6 is 0 Å². The number of hydrogen-bond donors (Lipinski definition) is 1. The van der Waals surface area contributed by atoms with Crippen LogP contribution in [0.2, 0.25) is 0 Å². The minimum Gasteiger partial charge on any atom is -0.286 e. The second-order valence-corrected chi connectivity index (χ2v) is 5.87. The van der Waals surface area contributed by atoms with Gasteiger partial charge in [-0.2, -0.15) is 8.42 Å². The Hall–Kier alpha value is -0.940. The Labute approximate surface area is 110 Å². The molecule has 0 bridgehead atoms. The van der Waals surface area contributed by atoms with Crippen LogP contribution in [-0.2, 0) is 16.7 Å². The second-order valence-electron chi connectivity index (χ2n) is 4.41. The molecule has 1 aromatic heterocycles. The number of aryl methyl sites for hydroxylation is 2. The van der Waals surface area contributed by atoms with Crippen LogP contribution in [0.1, 0.15) is 38.2 Å². The number of aromatic nitrogens is 1. The van der Waals surface area contributed by atoms with Crippen LogP contribution < -0.4 is 4.57 Å². The molecule has 5 heteroatoms. The lowest BCUT2D eigenvalue weighted by Crippen LogP contribution is -2.32. The first kappa shape index (κ1) is 17.1. The fourth-order valence-electron chi connectivity index (χ4n) is 1.40. The van der Waals surface area contributed by atoms with Gasteiger partial charge in [0.25, 0.3) is 10.1 Å². The van der Waals surface area contributed by atoms with E-state index in [1.54, 1.807) is 0 Å². The van der Waals surface area contributed by atoms with E-state index in [0.29, 0.717) is 6.26 Å². The van der Waals surface area contributed by atoms with Crippen LogP contribution in [0.15, 0.2) is 24.5 Å². The summed E-state index contributed by atoms with van der Waals surface area (Å²) >= 11 is 0. The first-order chi connectivity index (χ1) is 8.33. The largest absolute Gasteiger partial charge is 0.286 e. The van der Waals surface area contributed by atoms with Crippen LogP contribution in [0.4, 0.5) is 0 Å². The van der Waals surface area contributed by atoms with Crippen molar-refractivity contribution in [1.82, 2.24) is 0 Å². The van der Waals surface area contributed by atoms with Crippen LogP contribution in [-0.4, -0.2) is 19.2 Å². The van der Waals surface area contributed by atoms with Gasteiger partial charge < -0.3 is 0 Å². The van der Waals surface area contributed by atoms with Gasteiger partial charge in [0, 0.05) is 18.6 Å². The lowest BCUT2D eigenvalue weighted by Gasteiger charge is -1.97. The Balaban J connectivity index is 0.000000494. The number of pyridine rings is 1. The third kappa shape index (κ3) is 13.1. The molecule has 1 aromatic rings. The predicted octanol–water partition coefficient (Wildman–Crippen LogP) is 2.37. The normalized spacial score (nSPS) is 10.7. The monoisotopic (exact) mass is 274 g/mol. The van der Waals surface area contributed by atoms with Crippen molar-refractivity contribution < 1.29 is 17.5 Å². The highest BCUT2D eigenvalue weighted by Gasteiger charge is 1.97. The van der Waals surface area contributed by atoms with Gasteiger partial charge in [0.1, 0.15) is 6.54 Å². The molecule has 0 aliphatic heterocycles. The Kier molecular flexibility index (Phi) is 8.58. The maximum Gasteiger partial charge on any atom is 0.261 e. The number of nitrogens with zero attached hydrogens (tertiary/aromatic N) is 1. The van der Waals surface area contributed by atoms with Crippen molar-refractivity contribution in [3.05, 3.63) is 30.1 Å². The third-order valence-corrected chi connectivity index (χ3v) is 2.33. The molecule has 0 radical (unpaired) electrons. The fraction of sp³-hybridized carbons (Fsp3) is 0.615. The standard InChI is InChI=1S/C12H20N.CH4O3S/c1-3-4-5-6-9-13-10-7-12(2)8-11-13;1-5(2,3)4/h7-8,10-11H,3-6,9H2,1-2H3;1H3,(H,2,3,4)/q+1;. The Morgan fingerprint density at radius 1 is 1.17 bits per heavy atom. The lowest BCUT2D eigenvalue weighted by molar-refractivity contribution is -0.697. The topological polar surface area (TPSA) is 58.2 Å². The minimum atomic E-state index is -3.67. The molecule has 4 nitrogen and oxygen atoms in total. The van der Waals surface area contributed by atoms with Crippen molar-refractivity contribution in [2.45, 2.75) is 46.1 Å². The first-order valence-electron chi connectivity index (χ1n) is 6.21. The van der Waals surface area contributed by atoms with E-state index in [0.717, 1.165) is 0 Å². The molecule has 0 saturated heterocycles. The maximum atomic E-state index is 9.19. The van der Waals surface area contributed by atoms with Gasteiger partial charge in [-0.15, -0.1) is 0 Å². The highest BCUT2D eigenvalue weighted by atomic mass is 32.2. The number of rotatable bonds is 5. The molecule has 0 atom stereocenters. The zero-order valence-electron chi connectivity index (χ0n) is 11.5. The zero-order valence-corrected chi connectivity index (χ0v) is 12.3. The van der Waals surface area contributed by atoms with E-state index < -0.39 is 10.1 Å². The summed E-state index contributed by atoms with van der Waals surface area (Å²) in [4.78, 5) is 0. The van der Waals surface area contributed by atoms with Gasteiger partial charge in [0.15, 0.2) is 12.4 Å². The van der Waals surface area contributed by atoms with E-state index in [2.05, 4.69) is 42.9 Å². The lowest BCUT2D eigenvalue weighted by atomic mass is 10.2. The van der Waals surface area contributed by atoms with Crippen molar-refractivity contribution in [2.24, 2.45) is 0 Å². The van der Waals surface area contributed by atoms with Gasteiger partial charge in [-0.1, -0.05) is 19.8 Å². The molecule has 0 spiro atoms. The summed E-state index contributed by atoms with van der Waals surface area (Å²) in [6.45, 7) is 5.54. The van der Waals surface area contributed by atoms with Crippen LogP contribution in [0.5, 0.6) is 0 Å². The molecule has 0 unspecified atom stereocenters. The van der Waals surface area contributed by atoms with Crippen molar-refractivity contribution in [3.63, 3.8) is 0 Å². The minimum absolute atomic E-state index is 0.715. The van der Waals surface area contributed by atoms with Crippen molar-refractivity contribution in [1.29, 1.82) is 0 Å². The first-order valence-corrected chi connectivity index (χ1v) is 8.06. The van der Waals surface area contributed by atoms with Gasteiger partial charge in [-0.05, 0) is 18.9 Å². The summed E-state index contributed by atoms with van der Waals surface area (Å²) in [6, 6.07) is 4.33. The summed E-state index contributed by atoms with van der Waals surface area (Å²) in [6.07, 6.45) is 10.4. The van der Waals surface area contributed by atoms with Gasteiger partial charge in [0.05, 0.1) is 6.26 Å². The second kappa shape index (κ2) is 9.05. The smallest absolute Gasteiger partial charge is 0.261 e. The molecule has 104 valence electrons. The molecule has 1 rings (SSSR count). The average molecular weight is 274 g/mol. The SMILES string of the molecule is CCCCCC[n+]1ccc(C)cc1.CS(=O)(=O)O. The Morgan fingerprint density at radius 2 is 1.67 bits per heavy atom. The van der Waals surface area contributed by atoms with E-state index in [-0.39, 0.29) is 0 Å². The summed E-state index contributed by atoms with van der Waals surface area (Å²) in [5.41, 5.74) is 1.34. The van der Waals surface area contributed by atoms with Crippen molar-refractivity contribution in [2.75, 3.05) is 6.26 Å². The van der Waals surface area contributed by atoms with Crippen LogP contribution in [0.25, 0.3) is 0 Å². The molecule has 1 N–H and O–H groups in total. The van der Waals surface area contributed by atoms with E-state index in [1.807, 2.05) is 0 Å². The molecule has 0 amide bonds. The summed E-state index contributed by atoms with van der Waals surface area (Å²) in [5.74, 6) is 0. The molecule has 18 heavy (non-hydrogen) atoms. The zero-order chi connectivity index (χ0) is 14.0. The van der Waals surface area contributed by atoms with E-state index in [4.69, 9.17) is 4.55 Å². The molecular formula is C13H24NO3S+. The molecule has 0 aliphatic rings. The van der Waals surface area contributed by atoms with Gasteiger partial charge in [0.2, 0.25) is 0 Å². The van der Waals surface area contributed by atoms with Gasteiger partial charge in [-0.3, -0.25) is 4.55 Å². The quantitative estimate of drug-likeness (QED) is 0.509. The number of unbranched alkanes of at least 4 members (excludes halogenated alkanes) is 3. The molecule has 0 aromatic carbocycles. The fourth-order valence-corrected chi connectivity index (χ4v) is 1.40.